The SMILES string of the molecule is CC[C@@H](C(=O)Nc1ccc([C@@H]2SCC(=O)N2c2ccc(C(C)(C)C)cc2)cc1)c1ccccc1. The van der Waals surface area contributed by atoms with Crippen molar-refractivity contribution in [3.63, 3.8) is 0 Å². The minimum Gasteiger partial charge on any atom is -0.326 e. The van der Waals surface area contributed by atoms with Crippen LogP contribution in [0.2, 0.25) is 0 Å². The first-order chi connectivity index (χ1) is 16.3. The molecule has 3 aromatic carbocycles. The lowest BCUT2D eigenvalue weighted by Gasteiger charge is -2.26. The van der Waals surface area contributed by atoms with Gasteiger partial charge in [-0.1, -0.05) is 82.3 Å². The Morgan fingerprint density at radius 3 is 2.24 bits per heavy atom. The van der Waals surface area contributed by atoms with E-state index in [0.717, 1.165) is 28.9 Å². The zero-order valence-electron chi connectivity index (χ0n) is 20.2. The molecule has 4 nitrogen and oxygen atoms in total. The highest BCUT2D eigenvalue weighted by atomic mass is 32.2. The molecule has 0 radical (unpaired) electrons. The third-order valence-electron chi connectivity index (χ3n) is 6.27. The largest absolute Gasteiger partial charge is 0.326 e. The number of hydrogen-bond donors (Lipinski definition) is 1. The van der Waals surface area contributed by atoms with Gasteiger partial charge in [0.1, 0.15) is 5.37 Å². The zero-order valence-corrected chi connectivity index (χ0v) is 21.1. The molecule has 1 aliphatic heterocycles. The molecule has 176 valence electrons. The maximum Gasteiger partial charge on any atom is 0.238 e. The highest BCUT2D eigenvalue weighted by molar-refractivity contribution is 8.00. The number of nitrogens with zero attached hydrogens (tertiary/aromatic N) is 1. The molecule has 1 saturated heterocycles. The van der Waals surface area contributed by atoms with Crippen LogP contribution in [0.3, 0.4) is 0 Å². The normalized spacial score (nSPS) is 17.0. The second kappa shape index (κ2) is 10.1. The van der Waals surface area contributed by atoms with Crippen molar-refractivity contribution in [3.8, 4) is 0 Å². The molecular weight excluding hydrogens is 440 g/mol. The van der Waals surface area contributed by atoms with Crippen LogP contribution in [0.25, 0.3) is 0 Å². The van der Waals surface area contributed by atoms with Gasteiger partial charge in [-0.3, -0.25) is 14.5 Å². The lowest BCUT2D eigenvalue weighted by atomic mass is 9.87. The van der Waals surface area contributed by atoms with Crippen LogP contribution in [-0.4, -0.2) is 17.6 Å². The fourth-order valence-electron chi connectivity index (χ4n) is 4.29. The lowest BCUT2D eigenvalue weighted by Crippen LogP contribution is -2.28. The van der Waals surface area contributed by atoms with Gasteiger partial charge in [-0.2, -0.15) is 0 Å². The summed E-state index contributed by atoms with van der Waals surface area (Å²) in [6, 6.07) is 26.0. The number of thioether (sulfide) groups is 1. The summed E-state index contributed by atoms with van der Waals surface area (Å²) in [4.78, 5) is 27.5. The number of hydrogen-bond acceptors (Lipinski definition) is 3. The number of benzene rings is 3. The molecule has 0 spiro atoms. The first kappa shape index (κ1) is 24.1. The summed E-state index contributed by atoms with van der Waals surface area (Å²) in [6.07, 6.45) is 0.734. The van der Waals surface area contributed by atoms with E-state index in [-0.39, 0.29) is 28.5 Å². The molecule has 0 unspecified atom stereocenters. The predicted molar refractivity (Wildman–Crippen MR) is 142 cm³/mol. The molecule has 0 aromatic heterocycles. The Morgan fingerprint density at radius 1 is 1.00 bits per heavy atom. The van der Waals surface area contributed by atoms with Crippen LogP contribution in [0.1, 0.15) is 62.1 Å². The van der Waals surface area contributed by atoms with Crippen molar-refractivity contribution in [1.82, 2.24) is 0 Å². The van der Waals surface area contributed by atoms with Crippen molar-refractivity contribution < 1.29 is 9.59 Å². The van der Waals surface area contributed by atoms with E-state index in [2.05, 4.69) is 38.2 Å². The van der Waals surface area contributed by atoms with Gasteiger partial charge in [0.25, 0.3) is 0 Å². The summed E-state index contributed by atoms with van der Waals surface area (Å²) in [5.41, 5.74) is 5.06. The van der Waals surface area contributed by atoms with E-state index in [4.69, 9.17) is 0 Å². The van der Waals surface area contributed by atoms with Gasteiger partial charge >= 0.3 is 0 Å². The fourth-order valence-corrected chi connectivity index (χ4v) is 5.47. The van der Waals surface area contributed by atoms with Crippen LogP contribution < -0.4 is 10.2 Å². The molecule has 1 N–H and O–H groups in total. The van der Waals surface area contributed by atoms with E-state index in [1.54, 1.807) is 11.8 Å². The molecule has 0 saturated carbocycles. The smallest absolute Gasteiger partial charge is 0.238 e. The first-order valence-corrected chi connectivity index (χ1v) is 12.8. The Balaban J connectivity index is 1.49. The third-order valence-corrected chi connectivity index (χ3v) is 7.48. The first-order valence-electron chi connectivity index (χ1n) is 11.8. The standard InChI is InChI=1S/C29H32N2O2S/c1-5-25(20-9-7-6-8-10-20)27(33)30-23-15-11-21(12-16-23)28-31(26(32)19-34-28)24-17-13-22(14-18-24)29(2,3)4/h6-18,25,28H,5,19H2,1-4H3,(H,30,33)/t25-,28+/m1/s1. The van der Waals surface area contributed by atoms with E-state index in [0.29, 0.717) is 5.75 Å². The minimum absolute atomic E-state index is 0.00701. The van der Waals surface area contributed by atoms with Gasteiger partial charge in [-0.05, 0) is 52.8 Å². The molecule has 34 heavy (non-hydrogen) atoms. The summed E-state index contributed by atoms with van der Waals surface area (Å²) < 4.78 is 0. The van der Waals surface area contributed by atoms with Gasteiger partial charge < -0.3 is 5.32 Å². The summed E-state index contributed by atoms with van der Waals surface area (Å²) in [6.45, 7) is 8.58. The summed E-state index contributed by atoms with van der Waals surface area (Å²) in [7, 11) is 0. The molecule has 5 heteroatoms. The number of anilines is 2. The van der Waals surface area contributed by atoms with E-state index in [9.17, 15) is 9.59 Å². The maximum absolute atomic E-state index is 12.9. The van der Waals surface area contributed by atoms with E-state index < -0.39 is 0 Å². The summed E-state index contributed by atoms with van der Waals surface area (Å²) in [5, 5.41) is 2.98. The quantitative estimate of drug-likeness (QED) is 0.425. The summed E-state index contributed by atoms with van der Waals surface area (Å²) >= 11 is 1.63. The topological polar surface area (TPSA) is 49.4 Å². The Morgan fingerprint density at radius 2 is 1.65 bits per heavy atom. The average molecular weight is 473 g/mol. The molecular formula is C29H32N2O2S. The molecule has 0 aliphatic carbocycles. The molecule has 1 aliphatic rings. The van der Waals surface area contributed by atoms with Gasteiger partial charge in [-0.15, -0.1) is 11.8 Å². The Kier molecular flexibility index (Phi) is 7.13. The highest BCUT2D eigenvalue weighted by Gasteiger charge is 2.34. The van der Waals surface area contributed by atoms with Crippen molar-refractivity contribution in [2.24, 2.45) is 0 Å². The minimum atomic E-state index is -0.185. The Bertz CT molecular complexity index is 1140. The molecule has 2 atom stereocenters. The predicted octanol–water partition coefficient (Wildman–Crippen LogP) is 6.90. The number of nitrogens with one attached hydrogen (secondary N) is 1. The molecule has 4 rings (SSSR count). The van der Waals surface area contributed by atoms with E-state index in [1.807, 2.05) is 78.6 Å². The molecule has 1 fully saturated rings. The average Bonchev–Trinajstić information content (AvgIpc) is 3.21. The van der Waals surface area contributed by atoms with Crippen molar-refractivity contribution in [2.45, 2.75) is 50.8 Å². The van der Waals surface area contributed by atoms with Gasteiger partial charge in [0, 0.05) is 11.4 Å². The van der Waals surface area contributed by atoms with Crippen molar-refractivity contribution in [2.75, 3.05) is 16.0 Å². The van der Waals surface area contributed by atoms with Crippen LogP contribution in [0.5, 0.6) is 0 Å². The molecule has 2 amide bonds. The highest BCUT2D eigenvalue weighted by Crippen LogP contribution is 2.42. The number of carbonyl (C=O) groups excluding carboxylic acids is 2. The van der Waals surface area contributed by atoms with Crippen LogP contribution in [0.4, 0.5) is 11.4 Å². The molecule has 1 heterocycles. The van der Waals surface area contributed by atoms with Gasteiger partial charge in [-0.25, -0.2) is 0 Å². The van der Waals surface area contributed by atoms with Gasteiger partial charge in [0.2, 0.25) is 11.8 Å². The van der Waals surface area contributed by atoms with Crippen LogP contribution in [-0.2, 0) is 15.0 Å². The van der Waals surface area contributed by atoms with Gasteiger partial charge in [0.05, 0.1) is 11.7 Å². The monoisotopic (exact) mass is 472 g/mol. The second-order valence-electron chi connectivity index (χ2n) is 9.71. The zero-order chi connectivity index (χ0) is 24.3. The second-order valence-corrected chi connectivity index (χ2v) is 10.8. The Labute approximate surface area is 206 Å². The fraction of sp³-hybridized carbons (Fsp3) is 0.310. The van der Waals surface area contributed by atoms with E-state index in [1.165, 1.54) is 5.56 Å². The number of amides is 2. The van der Waals surface area contributed by atoms with E-state index >= 15 is 0 Å². The van der Waals surface area contributed by atoms with Crippen molar-refractivity contribution in [3.05, 3.63) is 95.6 Å². The lowest BCUT2D eigenvalue weighted by molar-refractivity contribution is -0.118. The number of rotatable bonds is 6. The Hall–Kier alpha value is -3.05. The van der Waals surface area contributed by atoms with Crippen LogP contribution in [0, 0.1) is 0 Å². The van der Waals surface area contributed by atoms with Crippen molar-refractivity contribution >= 4 is 35.0 Å². The maximum atomic E-state index is 12.9. The summed E-state index contributed by atoms with van der Waals surface area (Å²) in [5.74, 6) is 0.381. The number of carbonyl (C=O) groups is 2. The van der Waals surface area contributed by atoms with Crippen LogP contribution in [0.15, 0.2) is 78.9 Å². The molecule has 3 aromatic rings. The molecule has 0 bridgehead atoms. The van der Waals surface area contributed by atoms with Crippen molar-refractivity contribution in [1.29, 1.82) is 0 Å². The van der Waals surface area contributed by atoms with Gasteiger partial charge in [0.15, 0.2) is 0 Å². The third kappa shape index (κ3) is 5.20. The van der Waals surface area contributed by atoms with Crippen LogP contribution >= 0.6 is 11.8 Å².